The van der Waals surface area contributed by atoms with Crippen molar-refractivity contribution in [1.82, 2.24) is 0 Å². The van der Waals surface area contributed by atoms with E-state index >= 15 is 0 Å². The zero-order chi connectivity index (χ0) is 72.8. The lowest BCUT2D eigenvalue weighted by molar-refractivity contribution is -0.161. The molecule has 0 amide bonds. The Bertz CT molecular complexity index is 1910. The molecule has 0 aromatic carbocycles. The molecule has 0 aromatic heterocycles. The van der Waals surface area contributed by atoms with Crippen LogP contribution in [0, 0.1) is 11.8 Å². The number of esters is 4. The van der Waals surface area contributed by atoms with E-state index in [4.69, 9.17) is 37.0 Å². The molecule has 0 fully saturated rings. The van der Waals surface area contributed by atoms with Gasteiger partial charge < -0.3 is 33.8 Å². The molecule has 0 bridgehead atoms. The topological polar surface area (TPSA) is 237 Å². The summed E-state index contributed by atoms with van der Waals surface area (Å²) in [6, 6.07) is 0. The highest BCUT2D eigenvalue weighted by Crippen LogP contribution is 2.45. The fourth-order valence-electron chi connectivity index (χ4n) is 12.4. The SMILES string of the molecule is CCCCCCCCCCCCCCC(=O)O[C@H](COC(=O)CCCCCCC)COP(=O)(O)OC[C@H](O)COP(=O)(O)OC[C@@H](COC(=O)CCCCCCCCCCCCCCCCCCCCC(C)C)OC(=O)CCCCCCCCCCCCCCCCCCCCC(C)C. The highest BCUT2D eigenvalue weighted by atomic mass is 31.2. The molecule has 99 heavy (non-hydrogen) atoms. The molecular formula is C80H156O17P2. The van der Waals surface area contributed by atoms with E-state index in [9.17, 15) is 43.2 Å². The Kier molecular flexibility index (Phi) is 70.3. The average molecular weight is 1450 g/mol. The van der Waals surface area contributed by atoms with E-state index in [-0.39, 0.29) is 25.7 Å². The number of hydrogen-bond acceptors (Lipinski definition) is 15. The van der Waals surface area contributed by atoms with Gasteiger partial charge in [-0.15, -0.1) is 0 Å². The molecule has 0 aliphatic carbocycles. The summed E-state index contributed by atoms with van der Waals surface area (Å²) in [5, 5.41) is 10.6. The second-order valence-electron chi connectivity index (χ2n) is 29.8. The first-order valence-corrected chi connectivity index (χ1v) is 44.5. The van der Waals surface area contributed by atoms with Crippen LogP contribution in [0.5, 0.6) is 0 Å². The number of carbonyl (C=O) groups excluding carboxylic acids is 4. The largest absolute Gasteiger partial charge is 0.472 e. The number of phosphoric acid groups is 2. The molecule has 19 heteroatoms. The van der Waals surface area contributed by atoms with Crippen LogP contribution in [0.3, 0.4) is 0 Å². The summed E-state index contributed by atoms with van der Waals surface area (Å²) in [7, 11) is -9.90. The fraction of sp³-hybridized carbons (Fsp3) is 0.950. The summed E-state index contributed by atoms with van der Waals surface area (Å²) < 4.78 is 68.4. The molecule has 0 aliphatic rings. The maximum absolute atomic E-state index is 13.1. The van der Waals surface area contributed by atoms with E-state index in [1.807, 2.05) is 0 Å². The lowest BCUT2D eigenvalue weighted by atomic mass is 10.0. The molecule has 0 aliphatic heterocycles. The number of rotatable bonds is 79. The Labute approximate surface area is 607 Å². The molecule has 0 rings (SSSR count). The summed E-state index contributed by atoms with van der Waals surface area (Å²) in [6.07, 6.45) is 61.6. The maximum atomic E-state index is 13.1. The van der Waals surface area contributed by atoms with Gasteiger partial charge in [0.05, 0.1) is 26.4 Å². The van der Waals surface area contributed by atoms with Crippen LogP contribution < -0.4 is 0 Å². The monoisotopic (exact) mass is 1450 g/mol. The van der Waals surface area contributed by atoms with Crippen LogP contribution in [0.2, 0.25) is 0 Å². The molecule has 5 atom stereocenters. The second kappa shape index (κ2) is 71.7. The van der Waals surface area contributed by atoms with Crippen LogP contribution in [0.25, 0.3) is 0 Å². The summed E-state index contributed by atoms with van der Waals surface area (Å²) in [5.41, 5.74) is 0. The normalized spacial score (nSPS) is 13.9. The van der Waals surface area contributed by atoms with Crippen molar-refractivity contribution in [2.45, 2.75) is 439 Å². The predicted octanol–water partition coefficient (Wildman–Crippen LogP) is 23.9. The molecule has 0 aromatic rings. The minimum atomic E-state index is -4.96. The summed E-state index contributed by atoms with van der Waals surface area (Å²) in [5.74, 6) is -0.479. The first kappa shape index (κ1) is 97.1. The van der Waals surface area contributed by atoms with E-state index in [1.54, 1.807) is 0 Å². The van der Waals surface area contributed by atoms with Crippen molar-refractivity contribution in [3.63, 3.8) is 0 Å². The predicted molar refractivity (Wildman–Crippen MR) is 405 cm³/mol. The van der Waals surface area contributed by atoms with Gasteiger partial charge in [-0.25, -0.2) is 9.13 Å². The van der Waals surface area contributed by atoms with Crippen molar-refractivity contribution in [2.75, 3.05) is 39.6 Å². The summed E-state index contributed by atoms with van der Waals surface area (Å²) in [4.78, 5) is 72.6. The van der Waals surface area contributed by atoms with E-state index in [0.717, 1.165) is 108 Å². The third kappa shape index (κ3) is 74.1. The van der Waals surface area contributed by atoms with Crippen molar-refractivity contribution >= 4 is 39.5 Å². The van der Waals surface area contributed by atoms with Gasteiger partial charge in [-0.05, 0) is 37.5 Å². The number of phosphoric ester groups is 2. The van der Waals surface area contributed by atoms with Crippen molar-refractivity contribution in [3.8, 4) is 0 Å². The van der Waals surface area contributed by atoms with Crippen molar-refractivity contribution in [3.05, 3.63) is 0 Å². The van der Waals surface area contributed by atoms with Gasteiger partial charge in [0, 0.05) is 25.7 Å². The molecular weight excluding hydrogens is 1290 g/mol. The number of ether oxygens (including phenoxy) is 4. The number of unbranched alkanes of at least 4 members (excludes halogenated alkanes) is 49. The van der Waals surface area contributed by atoms with Crippen LogP contribution in [-0.4, -0.2) is 96.7 Å². The standard InChI is InChI=1S/C80H156O17P2/c1-7-9-11-13-14-15-16-35-41-46-52-58-64-79(84)96-75(68-90-77(82)62-56-48-12-10-8-2)70-94-98(86,87)92-66-74(81)67-93-99(88,89)95-71-76(97-80(85)65-59-53-47-42-37-32-28-24-20-18-22-26-30-34-39-44-50-55-61-73(5)6)69-91-78(83)63-57-51-45-40-36-31-27-23-19-17-21-25-29-33-38-43-49-54-60-72(3)4/h72-76,81H,7-71H2,1-6H3,(H,86,87)(H,88,89)/t74-,75+,76+/m0/s1. The van der Waals surface area contributed by atoms with Crippen LogP contribution in [0.1, 0.15) is 420 Å². The average Bonchev–Trinajstić information content (AvgIpc) is 1.25. The van der Waals surface area contributed by atoms with Crippen molar-refractivity contribution < 1.29 is 80.2 Å². The van der Waals surface area contributed by atoms with Gasteiger partial charge in [0.2, 0.25) is 0 Å². The van der Waals surface area contributed by atoms with Crippen LogP contribution >= 0.6 is 15.6 Å². The lowest BCUT2D eigenvalue weighted by Crippen LogP contribution is -2.30. The van der Waals surface area contributed by atoms with E-state index in [1.165, 1.54) is 231 Å². The molecule has 0 radical (unpaired) electrons. The Morgan fingerprint density at radius 1 is 0.273 bits per heavy atom. The van der Waals surface area contributed by atoms with Gasteiger partial charge in [-0.1, -0.05) is 369 Å². The summed E-state index contributed by atoms with van der Waals surface area (Å²) in [6.45, 7) is 9.60. The number of aliphatic hydroxyl groups excluding tert-OH is 1. The van der Waals surface area contributed by atoms with Crippen LogP contribution in [0.4, 0.5) is 0 Å². The maximum Gasteiger partial charge on any atom is 0.472 e. The third-order valence-corrected chi connectivity index (χ3v) is 20.6. The van der Waals surface area contributed by atoms with Gasteiger partial charge in [-0.2, -0.15) is 0 Å². The van der Waals surface area contributed by atoms with Crippen molar-refractivity contribution in [2.24, 2.45) is 11.8 Å². The highest BCUT2D eigenvalue weighted by molar-refractivity contribution is 7.47. The zero-order valence-electron chi connectivity index (χ0n) is 64.8. The van der Waals surface area contributed by atoms with Gasteiger partial charge >= 0.3 is 39.5 Å². The minimum Gasteiger partial charge on any atom is -0.462 e. The molecule has 0 saturated carbocycles. The number of carbonyl (C=O) groups is 4. The van der Waals surface area contributed by atoms with Crippen LogP contribution in [-0.2, 0) is 65.4 Å². The molecule has 0 spiro atoms. The Morgan fingerprint density at radius 3 is 0.687 bits per heavy atom. The van der Waals surface area contributed by atoms with Crippen molar-refractivity contribution in [1.29, 1.82) is 0 Å². The third-order valence-electron chi connectivity index (χ3n) is 18.7. The van der Waals surface area contributed by atoms with E-state index in [2.05, 4.69) is 41.5 Å². The highest BCUT2D eigenvalue weighted by Gasteiger charge is 2.30. The smallest absolute Gasteiger partial charge is 0.462 e. The number of aliphatic hydroxyl groups is 1. The zero-order valence-corrected chi connectivity index (χ0v) is 66.6. The Hall–Kier alpha value is -1.94. The first-order chi connectivity index (χ1) is 47.9. The van der Waals surface area contributed by atoms with Gasteiger partial charge in [0.15, 0.2) is 12.2 Å². The van der Waals surface area contributed by atoms with Gasteiger partial charge in [0.1, 0.15) is 19.3 Å². The Balaban J connectivity index is 5.10. The van der Waals surface area contributed by atoms with Crippen LogP contribution in [0.15, 0.2) is 0 Å². The quantitative estimate of drug-likeness (QED) is 0.0222. The summed E-state index contributed by atoms with van der Waals surface area (Å²) >= 11 is 0. The van der Waals surface area contributed by atoms with E-state index in [0.29, 0.717) is 25.7 Å². The van der Waals surface area contributed by atoms with Gasteiger partial charge in [-0.3, -0.25) is 37.3 Å². The first-order valence-electron chi connectivity index (χ1n) is 41.5. The molecule has 0 saturated heterocycles. The fourth-order valence-corrected chi connectivity index (χ4v) is 13.9. The van der Waals surface area contributed by atoms with Gasteiger partial charge in [0.25, 0.3) is 0 Å². The molecule has 2 unspecified atom stereocenters. The lowest BCUT2D eigenvalue weighted by Gasteiger charge is -2.21. The molecule has 0 heterocycles. The molecule has 588 valence electrons. The molecule has 3 N–H and O–H groups in total. The Morgan fingerprint density at radius 2 is 0.465 bits per heavy atom. The molecule has 17 nitrogen and oxygen atoms in total. The minimum absolute atomic E-state index is 0.107. The number of hydrogen-bond donors (Lipinski definition) is 3. The second-order valence-corrected chi connectivity index (χ2v) is 32.7. The van der Waals surface area contributed by atoms with E-state index < -0.39 is 97.5 Å².